The van der Waals surface area contributed by atoms with Crippen LogP contribution in [-0.2, 0) is 0 Å². The fourth-order valence-electron chi connectivity index (χ4n) is 2.32. The van der Waals surface area contributed by atoms with Gasteiger partial charge in [0.05, 0.1) is 5.38 Å². The number of para-hydroxylation sites is 1. The Morgan fingerprint density at radius 2 is 2.26 bits per heavy atom. The zero-order chi connectivity index (χ0) is 13.2. The van der Waals surface area contributed by atoms with Gasteiger partial charge in [-0.15, -0.1) is 11.6 Å². The number of hydrogen-bond acceptors (Lipinski definition) is 3. The lowest BCUT2D eigenvalue weighted by Gasteiger charge is -2.28. The summed E-state index contributed by atoms with van der Waals surface area (Å²) in [6, 6.07) is 9.32. The van der Waals surface area contributed by atoms with Crippen molar-refractivity contribution in [1.82, 2.24) is 10.6 Å². The maximum absolute atomic E-state index is 12.1. The number of hydrogen-bond donors (Lipinski definition) is 2. The molecule has 100 valence electrons. The van der Waals surface area contributed by atoms with Gasteiger partial charge in [-0.2, -0.15) is 0 Å². The van der Waals surface area contributed by atoms with Gasteiger partial charge in [0.2, 0.25) is 0 Å². The first-order valence-corrected chi connectivity index (χ1v) is 6.82. The summed E-state index contributed by atoms with van der Waals surface area (Å²) in [6.07, 6.45) is 0.833. The van der Waals surface area contributed by atoms with Crippen molar-refractivity contribution >= 4 is 28.5 Å². The van der Waals surface area contributed by atoms with E-state index in [-0.39, 0.29) is 17.3 Å². The molecule has 1 saturated heterocycles. The highest BCUT2D eigenvalue weighted by atomic mass is 35.5. The fraction of sp³-hybridized carbons (Fsp3) is 0.357. The van der Waals surface area contributed by atoms with Gasteiger partial charge >= 0.3 is 0 Å². The Labute approximate surface area is 116 Å². The molecule has 1 amide bonds. The minimum absolute atomic E-state index is 0.0105. The molecule has 1 aliphatic rings. The number of halogens is 1. The van der Waals surface area contributed by atoms with Crippen LogP contribution in [0.2, 0.25) is 0 Å². The lowest BCUT2D eigenvalue weighted by atomic mass is 10.1. The van der Waals surface area contributed by atoms with Crippen molar-refractivity contribution in [3.05, 3.63) is 36.1 Å². The minimum Gasteiger partial charge on any atom is -0.451 e. The molecule has 1 aromatic heterocycles. The molecule has 4 nitrogen and oxygen atoms in total. The van der Waals surface area contributed by atoms with Gasteiger partial charge in [0.25, 0.3) is 5.91 Å². The molecule has 2 N–H and O–H groups in total. The largest absolute Gasteiger partial charge is 0.451 e. The van der Waals surface area contributed by atoms with Crippen LogP contribution < -0.4 is 10.6 Å². The van der Waals surface area contributed by atoms with Crippen LogP contribution in [-0.4, -0.2) is 30.4 Å². The van der Waals surface area contributed by atoms with Crippen molar-refractivity contribution in [1.29, 1.82) is 0 Å². The molecule has 5 heteroatoms. The third-order valence-corrected chi connectivity index (χ3v) is 3.83. The van der Waals surface area contributed by atoms with E-state index in [2.05, 4.69) is 10.6 Å². The summed E-state index contributed by atoms with van der Waals surface area (Å²) in [6.45, 7) is 1.58. The highest BCUT2D eigenvalue weighted by Gasteiger charge is 2.25. The monoisotopic (exact) mass is 278 g/mol. The van der Waals surface area contributed by atoms with Crippen LogP contribution in [0, 0.1) is 0 Å². The Balaban J connectivity index is 1.76. The summed E-state index contributed by atoms with van der Waals surface area (Å²) in [5, 5.41) is 6.98. The molecule has 2 aromatic rings. The molecule has 2 heterocycles. The maximum Gasteiger partial charge on any atom is 0.287 e. The molecule has 2 atom stereocenters. The van der Waals surface area contributed by atoms with E-state index in [9.17, 15) is 4.79 Å². The smallest absolute Gasteiger partial charge is 0.287 e. The molecule has 1 aliphatic heterocycles. The number of alkyl halides is 1. The van der Waals surface area contributed by atoms with Crippen molar-refractivity contribution < 1.29 is 9.21 Å². The van der Waals surface area contributed by atoms with Crippen LogP contribution in [0.3, 0.4) is 0 Å². The van der Waals surface area contributed by atoms with Crippen molar-refractivity contribution in [2.75, 3.05) is 13.1 Å². The van der Waals surface area contributed by atoms with Gasteiger partial charge in [-0.05, 0) is 25.1 Å². The van der Waals surface area contributed by atoms with Crippen molar-refractivity contribution in [2.45, 2.75) is 17.8 Å². The standard InChI is InChI=1S/C14H15ClN2O2/c15-10-8-16-6-5-11(10)17-14(18)13-7-9-3-1-2-4-12(9)19-13/h1-4,7,10-11,16H,5-6,8H2,(H,17,18). The van der Waals surface area contributed by atoms with Crippen LogP contribution >= 0.6 is 11.6 Å². The number of nitrogens with one attached hydrogen (secondary N) is 2. The number of carbonyl (C=O) groups excluding carboxylic acids is 1. The van der Waals surface area contributed by atoms with E-state index in [0.29, 0.717) is 12.3 Å². The Bertz CT molecular complexity index is 563. The quantitative estimate of drug-likeness (QED) is 0.828. The van der Waals surface area contributed by atoms with Crippen LogP contribution in [0.1, 0.15) is 17.0 Å². The van der Waals surface area contributed by atoms with Crippen molar-refractivity contribution in [3.63, 3.8) is 0 Å². The molecule has 2 unspecified atom stereocenters. The van der Waals surface area contributed by atoms with Crippen LogP contribution in [0.15, 0.2) is 34.7 Å². The maximum atomic E-state index is 12.1. The van der Waals surface area contributed by atoms with Gasteiger partial charge < -0.3 is 15.1 Å². The zero-order valence-electron chi connectivity index (χ0n) is 10.4. The van der Waals surface area contributed by atoms with Gasteiger partial charge in [0.15, 0.2) is 5.76 Å². The molecule has 0 bridgehead atoms. The molecule has 1 aromatic carbocycles. The number of furan rings is 1. The average Bonchev–Trinajstić information content (AvgIpc) is 2.85. The Morgan fingerprint density at radius 3 is 3.05 bits per heavy atom. The summed E-state index contributed by atoms with van der Waals surface area (Å²) in [4.78, 5) is 12.1. The SMILES string of the molecule is O=C(NC1CCNCC1Cl)c1cc2ccccc2o1. The van der Waals surface area contributed by atoms with Crippen LogP contribution in [0.4, 0.5) is 0 Å². The van der Waals surface area contributed by atoms with E-state index in [0.717, 1.165) is 23.9 Å². The number of piperidine rings is 1. The van der Waals surface area contributed by atoms with E-state index in [1.54, 1.807) is 6.07 Å². The summed E-state index contributed by atoms with van der Waals surface area (Å²) in [7, 11) is 0. The van der Waals surface area contributed by atoms with Gasteiger partial charge in [0.1, 0.15) is 5.58 Å². The first kappa shape index (κ1) is 12.5. The third-order valence-electron chi connectivity index (χ3n) is 3.37. The lowest BCUT2D eigenvalue weighted by molar-refractivity contribution is 0.0904. The molecular weight excluding hydrogens is 264 g/mol. The predicted molar refractivity (Wildman–Crippen MR) is 74.6 cm³/mol. The number of rotatable bonds is 2. The number of amides is 1. The van der Waals surface area contributed by atoms with Gasteiger partial charge in [-0.25, -0.2) is 0 Å². The second kappa shape index (κ2) is 5.23. The highest BCUT2D eigenvalue weighted by molar-refractivity contribution is 6.21. The normalized spacial score (nSPS) is 23.4. The topological polar surface area (TPSA) is 54.3 Å². The highest BCUT2D eigenvalue weighted by Crippen LogP contribution is 2.19. The molecule has 0 radical (unpaired) electrons. The Hall–Kier alpha value is -1.52. The number of fused-ring (bicyclic) bond motifs is 1. The Morgan fingerprint density at radius 1 is 1.42 bits per heavy atom. The minimum atomic E-state index is -0.200. The van der Waals surface area contributed by atoms with Crippen molar-refractivity contribution in [3.8, 4) is 0 Å². The summed E-state index contributed by atoms with van der Waals surface area (Å²) < 4.78 is 5.54. The molecule has 3 rings (SSSR count). The summed E-state index contributed by atoms with van der Waals surface area (Å²) >= 11 is 6.19. The van der Waals surface area contributed by atoms with Crippen LogP contribution in [0.5, 0.6) is 0 Å². The van der Waals surface area contributed by atoms with E-state index >= 15 is 0 Å². The summed E-state index contributed by atoms with van der Waals surface area (Å²) in [5.74, 6) is 0.136. The van der Waals surface area contributed by atoms with E-state index < -0.39 is 0 Å². The fourth-order valence-corrected chi connectivity index (χ4v) is 2.61. The van der Waals surface area contributed by atoms with Gasteiger partial charge in [-0.3, -0.25) is 4.79 Å². The number of benzene rings is 1. The van der Waals surface area contributed by atoms with E-state index in [1.165, 1.54) is 0 Å². The predicted octanol–water partition coefficient (Wildman–Crippen LogP) is 2.13. The molecule has 0 aliphatic carbocycles. The second-order valence-electron chi connectivity index (χ2n) is 4.74. The van der Waals surface area contributed by atoms with Gasteiger partial charge in [-0.1, -0.05) is 18.2 Å². The first-order valence-electron chi connectivity index (χ1n) is 6.38. The average molecular weight is 279 g/mol. The Kier molecular flexibility index (Phi) is 3.44. The molecule has 1 fully saturated rings. The molecule has 0 spiro atoms. The van der Waals surface area contributed by atoms with Gasteiger partial charge in [0, 0.05) is 18.0 Å². The van der Waals surface area contributed by atoms with E-state index in [1.807, 2.05) is 24.3 Å². The number of carbonyl (C=O) groups is 1. The molecule has 0 saturated carbocycles. The third kappa shape index (κ3) is 2.60. The van der Waals surface area contributed by atoms with Crippen molar-refractivity contribution in [2.24, 2.45) is 0 Å². The first-order chi connectivity index (χ1) is 9.24. The molecular formula is C14H15ClN2O2. The lowest BCUT2D eigenvalue weighted by Crippen LogP contribution is -2.50. The van der Waals surface area contributed by atoms with Crippen LogP contribution in [0.25, 0.3) is 11.0 Å². The second-order valence-corrected chi connectivity index (χ2v) is 5.30. The van der Waals surface area contributed by atoms with E-state index in [4.69, 9.17) is 16.0 Å². The zero-order valence-corrected chi connectivity index (χ0v) is 11.1. The summed E-state index contributed by atoms with van der Waals surface area (Å²) in [5.41, 5.74) is 0.723. The molecule has 19 heavy (non-hydrogen) atoms.